The molecule has 0 radical (unpaired) electrons. The first-order valence-corrected chi connectivity index (χ1v) is 14.2. The van der Waals surface area contributed by atoms with Crippen LogP contribution < -0.4 is 26.2 Å². The minimum absolute atomic E-state index is 0.00901. The van der Waals surface area contributed by atoms with Gasteiger partial charge < -0.3 is 25.8 Å². The lowest BCUT2D eigenvalue weighted by Gasteiger charge is -2.47. The molecule has 0 unspecified atom stereocenters. The van der Waals surface area contributed by atoms with Crippen LogP contribution in [0.3, 0.4) is 0 Å². The number of anilines is 1. The van der Waals surface area contributed by atoms with Crippen LogP contribution in [0.1, 0.15) is 35.1 Å². The number of allylic oxidation sites excluding steroid dienone is 1. The molecule has 5 atom stereocenters. The highest BCUT2D eigenvalue weighted by molar-refractivity contribution is 8.04. The third-order valence-electron chi connectivity index (χ3n) is 8.75. The number of rotatable bonds is 5. The van der Waals surface area contributed by atoms with Gasteiger partial charge in [-0.05, 0) is 24.9 Å². The van der Waals surface area contributed by atoms with Crippen LogP contribution in [-0.2, 0) is 28.5 Å². The molecule has 8 rings (SSSR count). The molecule has 5 aliphatic heterocycles. The second kappa shape index (κ2) is 7.30. The van der Waals surface area contributed by atoms with Crippen molar-refractivity contribution in [3.8, 4) is 5.75 Å². The van der Waals surface area contributed by atoms with Crippen LogP contribution in [0.15, 0.2) is 27.3 Å². The third kappa shape index (κ3) is 2.58. The number of aromatic hydroxyl groups is 1. The van der Waals surface area contributed by atoms with E-state index in [9.17, 15) is 19.8 Å². The van der Waals surface area contributed by atoms with Gasteiger partial charge in [0, 0.05) is 34.6 Å². The van der Waals surface area contributed by atoms with Gasteiger partial charge in [-0.25, -0.2) is 14.6 Å². The topological polar surface area (TPSA) is 146 Å². The Morgan fingerprint density at radius 3 is 3.16 bits per heavy atom. The number of carbonyl (C=O) groups excluding carboxylic acids is 1. The summed E-state index contributed by atoms with van der Waals surface area (Å²) < 4.78 is 28.2. The highest BCUT2D eigenvalue weighted by atomic mass is 32.2. The maximum Gasteiger partial charge on any atom is 0.320 e. The smallest absolute Gasteiger partial charge is 0.320 e. The van der Waals surface area contributed by atoms with E-state index in [2.05, 4.69) is 19.9 Å². The predicted octanol–water partition coefficient (Wildman–Crippen LogP) is 0.368. The van der Waals surface area contributed by atoms with Crippen molar-refractivity contribution in [1.82, 2.24) is 14.1 Å². The molecule has 38 heavy (non-hydrogen) atoms. The largest absolute Gasteiger partial charge is 0.504 e. The molecular weight excluding hydrogens is 524 g/mol. The number of aromatic nitrogens is 2. The van der Waals surface area contributed by atoms with Crippen LogP contribution in [-0.4, -0.2) is 66.5 Å². The first-order chi connectivity index (χ1) is 19.4. The van der Waals surface area contributed by atoms with E-state index in [1.807, 2.05) is 0 Å². The van der Waals surface area contributed by atoms with E-state index in [0.29, 0.717) is 46.6 Å². The van der Waals surface area contributed by atoms with Crippen LogP contribution in [0.4, 0.5) is 11.4 Å². The fraction of sp³-hybridized carbons (Fsp3) is 0.423. The molecule has 0 saturated carbocycles. The number of nitrogens with two attached hydrogens (primary N) is 1. The first kappa shape index (κ1) is 19.9. The number of phenols is 1. The van der Waals surface area contributed by atoms with Gasteiger partial charge in [-0.1, -0.05) is 11.8 Å². The van der Waals surface area contributed by atoms with E-state index in [0.717, 1.165) is 15.8 Å². The summed E-state index contributed by atoms with van der Waals surface area (Å²) in [6.45, 7) is -2.01. The van der Waals surface area contributed by atoms with E-state index in [1.54, 1.807) is 35.8 Å². The molecule has 10 nitrogen and oxygen atoms in total. The molecule has 5 N–H and O–H groups in total. The molecular formula is C26H25N6O4S2+. The lowest BCUT2D eigenvalue weighted by atomic mass is 9.64. The number of carboxylic acids is 1. The van der Waals surface area contributed by atoms with Crippen LogP contribution in [0.2, 0.25) is 0 Å². The zero-order valence-electron chi connectivity index (χ0n) is 23.2. The Kier molecular flexibility index (Phi) is 3.83. The molecule has 2 aromatic rings. The van der Waals surface area contributed by atoms with Crippen molar-refractivity contribution in [3.63, 3.8) is 0 Å². The fourth-order valence-corrected chi connectivity index (χ4v) is 10.4. The minimum Gasteiger partial charge on any atom is -0.504 e. The molecule has 1 fully saturated rings. The number of phenolic OH excluding ortho intramolecular Hbond substituents is 1. The van der Waals surface area contributed by atoms with Gasteiger partial charge in [0.05, 0.1) is 44.5 Å². The standard InChI is InChI=1S/C26H24N6O4S2/c1-9-10-3-4-32-20-13(33)6-14-26(23(20)38-24-12(31(2)8-28-24)5-11(27)25(35)36)7-15(37-14)30-19-17(26)21(32)16(10)18(29-9)22(19)34/h6,8,11,15,20,23H,3-5,7,27H2,1-2H3,(H2,29,30,34,35,36)/p+1/t11-,15-,20+,23-,26+/m0/s1/i1D3. The average Bonchev–Trinajstić information content (AvgIpc) is 3.55. The van der Waals surface area contributed by atoms with E-state index in [1.165, 1.54) is 11.8 Å². The summed E-state index contributed by atoms with van der Waals surface area (Å²) >= 11 is 3.05. The van der Waals surface area contributed by atoms with Crippen molar-refractivity contribution in [1.29, 1.82) is 0 Å². The fourth-order valence-electron chi connectivity index (χ4n) is 7.15. The highest BCUT2D eigenvalue weighted by Crippen LogP contribution is 2.65. The lowest BCUT2D eigenvalue weighted by Crippen LogP contribution is -2.69. The van der Waals surface area contributed by atoms with Gasteiger partial charge in [0.25, 0.3) is 0 Å². The summed E-state index contributed by atoms with van der Waals surface area (Å²) in [5.41, 5.74) is 8.27. The number of benzene rings is 1. The molecule has 194 valence electrons. The molecule has 1 spiro atoms. The zero-order chi connectivity index (χ0) is 28.7. The number of hydrogen-bond acceptors (Lipinski definition) is 9. The highest BCUT2D eigenvalue weighted by Gasteiger charge is 2.67. The maximum atomic E-state index is 13.9. The van der Waals surface area contributed by atoms with Crippen LogP contribution in [0.5, 0.6) is 5.75 Å². The molecule has 1 aromatic carbocycles. The Hall–Kier alpha value is -3.09. The zero-order valence-corrected chi connectivity index (χ0v) is 21.8. The number of aliphatic imine (C=N–C) groups is 1. The number of carbonyl (C=O) groups is 2. The van der Waals surface area contributed by atoms with Crippen LogP contribution in [0, 0.1) is 0 Å². The van der Waals surface area contributed by atoms with Crippen molar-refractivity contribution in [2.45, 2.75) is 59.3 Å². The summed E-state index contributed by atoms with van der Waals surface area (Å²) in [4.78, 5) is 35.5. The molecule has 1 aromatic heterocycles. The van der Waals surface area contributed by atoms with Gasteiger partial charge in [-0.2, -0.15) is 0 Å². The molecule has 1 aliphatic carbocycles. The Balaban J connectivity index is 1.39. The van der Waals surface area contributed by atoms with Gasteiger partial charge in [0.15, 0.2) is 5.75 Å². The average molecular weight is 553 g/mol. The monoisotopic (exact) mass is 552 g/mol. The summed E-state index contributed by atoms with van der Waals surface area (Å²) in [6, 6.07) is -1.66. The number of hydrogen-bond donors (Lipinski definition) is 4. The number of fused-ring (bicyclic) bond motifs is 3. The number of imidazole rings is 1. The molecule has 6 heterocycles. The normalized spacial score (nSPS) is 31.3. The maximum absolute atomic E-state index is 13.9. The molecule has 3 bridgehead atoms. The first-order valence-electron chi connectivity index (χ1n) is 13.9. The number of carboxylic acid groups (broad SMARTS) is 1. The Bertz CT molecular complexity index is 1850. The van der Waals surface area contributed by atoms with Crippen molar-refractivity contribution in [2.24, 2.45) is 17.8 Å². The molecule has 1 saturated heterocycles. The van der Waals surface area contributed by atoms with Crippen molar-refractivity contribution >= 4 is 57.9 Å². The summed E-state index contributed by atoms with van der Waals surface area (Å²) in [5, 5.41) is 26.2. The lowest BCUT2D eigenvalue weighted by molar-refractivity contribution is -0.138. The molecule has 6 aliphatic rings. The number of nitrogens with one attached hydrogen (secondary N) is 1. The van der Waals surface area contributed by atoms with E-state index in [-0.39, 0.29) is 40.0 Å². The second-order valence-electron chi connectivity index (χ2n) is 10.6. The van der Waals surface area contributed by atoms with E-state index < -0.39 is 30.3 Å². The quantitative estimate of drug-likeness (QED) is 0.305. The number of ketones is 1. The SMILES string of the molecule is [2H]C([2H])([2H])C1=Nc2c(O)c3c4c5c2=C1CC[N+]=5[C@@H]1C(=O)C=C2S[C@@H](C[C@@]24[C@H]1Sc1ncn(C)c1C[C@H](N)C(=O)O)N3. The van der Waals surface area contributed by atoms with Gasteiger partial charge in [-0.15, -0.1) is 11.8 Å². The summed E-state index contributed by atoms with van der Waals surface area (Å²) in [7, 11) is 1.80. The van der Waals surface area contributed by atoms with E-state index in [4.69, 9.17) is 9.85 Å². The van der Waals surface area contributed by atoms with Crippen LogP contribution >= 0.6 is 23.5 Å². The number of thioether (sulfide) groups is 2. The Labute approximate surface area is 229 Å². The van der Waals surface area contributed by atoms with E-state index >= 15 is 0 Å². The number of aryl methyl sites for hydroxylation is 1. The van der Waals surface area contributed by atoms with Gasteiger partial charge in [-0.3, -0.25) is 9.59 Å². The number of aliphatic carboxylic acids is 1. The number of nitrogens with zero attached hydrogens (tertiary/aromatic N) is 4. The van der Waals surface area contributed by atoms with Crippen molar-refractivity contribution < 1.29 is 23.9 Å². The van der Waals surface area contributed by atoms with Gasteiger partial charge in [0.2, 0.25) is 17.2 Å². The summed E-state index contributed by atoms with van der Waals surface area (Å²) in [5.74, 6) is -1.20. The molecule has 0 amide bonds. The summed E-state index contributed by atoms with van der Waals surface area (Å²) in [6.07, 6.45) is 4.53. The van der Waals surface area contributed by atoms with Crippen LogP contribution in [0.25, 0.3) is 5.57 Å². The predicted molar refractivity (Wildman–Crippen MR) is 145 cm³/mol. The second-order valence-corrected chi connectivity index (χ2v) is 13.0. The Morgan fingerprint density at radius 1 is 1.53 bits per heavy atom. The van der Waals surface area contributed by atoms with Crippen molar-refractivity contribution in [3.05, 3.63) is 39.1 Å². The van der Waals surface area contributed by atoms with Gasteiger partial charge >= 0.3 is 5.97 Å². The van der Waals surface area contributed by atoms with Crippen molar-refractivity contribution in [2.75, 3.05) is 11.9 Å². The Morgan fingerprint density at radius 2 is 2.37 bits per heavy atom. The molecule has 12 heteroatoms. The third-order valence-corrected chi connectivity index (χ3v) is 11.5. The van der Waals surface area contributed by atoms with Gasteiger partial charge in [0.1, 0.15) is 23.3 Å². The minimum atomic E-state index is -2.44.